The molecule has 9 rings (SSSR count). The van der Waals surface area contributed by atoms with Crippen LogP contribution in [0.15, 0.2) is 159 Å². The summed E-state index contributed by atoms with van der Waals surface area (Å²) in [5.74, 6) is 0. The van der Waals surface area contributed by atoms with Crippen molar-refractivity contribution in [3.63, 3.8) is 0 Å². The van der Waals surface area contributed by atoms with Crippen molar-refractivity contribution in [2.24, 2.45) is 0 Å². The van der Waals surface area contributed by atoms with E-state index in [0.717, 1.165) is 109 Å². The molecule has 62 heavy (non-hydrogen) atoms. The van der Waals surface area contributed by atoms with Crippen molar-refractivity contribution in [2.45, 2.75) is 38.5 Å². The summed E-state index contributed by atoms with van der Waals surface area (Å²) in [4.78, 5) is 21.7. The van der Waals surface area contributed by atoms with Crippen molar-refractivity contribution < 1.29 is 17.1 Å². The second-order valence-electron chi connectivity index (χ2n) is 16.1. The molecule has 1 radical (unpaired) electrons. The van der Waals surface area contributed by atoms with Crippen molar-refractivity contribution in [1.82, 2.24) is 19.9 Å². The van der Waals surface area contributed by atoms with E-state index < -0.39 is 0 Å². The number of nitrogen functional groups attached to an aromatic ring is 1. The average Bonchev–Trinajstić information content (AvgIpc) is 4.12. The molecule has 0 saturated carbocycles. The molecule has 7 aromatic rings. The third-order valence-corrected chi connectivity index (χ3v) is 11.9. The van der Waals surface area contributed by atoms with Crippen LogP contribution < -0.4 is 15.7 Å². The van der Waals surface area contributed by atoms with E-state index in [-0.39, 0.29) is 22.5 Å². The second-order valence-corrected chi connectivity index (χ2v) is 16.1. The minimum absolute atomic E-state index is 0. The number of aromatic nitrogens is 4. The average molecular weight is 854 g/mol. The third-order valence-electron chi connectivity index (χ3n) is 11.9. The van der Waals surface area contributed by atoms with Crippen molar-refractivity contribution in [1.29, 1.82) is 0 Å². The number of fused-ring (bicyclic) bond motifs is 8. The van der Waals surface area contributed by atoms with Crippen molar-refractivity contribution >= 4 is 52.1 Å². The fourth-order valence-electron chi connectivity index (χ4n) is 8.78. The number of nitrogens with two attached hydrogens (primary N) is 1. The van der Waals surface area contributed by atoms with E-state index in [1.54, 1.807) is 0 Å². The van der Waals surface area contributed by atoms with Gasteiger partial charge >= 0.3 is 17.1 Å². The third kappa shape index (κ3) is 7.87. The van der Waals surface area contributed by atoms with Crippen LogP contribution in [0.2, 0.25) is 0 Å². The molecule has 0 aliphatic carbocycles. The Balaban J connectivity index is 0.00000529. The number of aryl methyl sites for hydroxylation is 2. The SMILES string of the molecule is C=CCC(CC=C)(CC=C)c1ccc(-c2c3nc(c(-c4ccc(C)cc4)c4ccc([n-]4)c(-c4ccc(N)cc4)c4nc(c(-c5ccc(C)cc5)c5ccc2[n-]5)C=C4)C=C3)cc1.[Cu+2]. The van der Waals surface area contributed by atoms with Crippen LogP contribution in [0.5, 0.6) is 0 Å². The van der Waals surface area contributed by atoms with Gasteiger partial charge in [0.1, 0.15) is 0 Å². The van der Waals surface area contributed by atoms with E-state index in [4.69, 9.17) is 25.7 Å². The predicted octanol–water partition coefficient (Wildman–Crippen LogP) is 13.7. The summed E-state index contributed by atoms with van der Waals surface area (Å²) in [7, 11) is 0. The van der Waals surface area contributed by atoms with Gasteiger partial charge in [-0.25, -0.2) is 9.97 Å². The molecule has 2 aliphatic rings. The number of allylic oxidation sites excluding steroid dienone is 3. The van der Waals surface area contributed by atoms with Gasteiger partial charge in [0, 0.05) is 11.1 Å². The van der Waals surface area contributed by atoms with Crippen LogP contribution in [-0.2, 0) is 22.5 Å². The maximum Gasteiger partial charge on any atom is 2.00 e. The van der Waals surface area contributed by atoms with Gasteiger partial charge in [0.15, 0.2) is 0 Å². The summed E-state index contributed by atoms with van der Waals surface area (Å²) < 4.78 is 0. The maximum absolute atomic E-state index is 6.20. The Kier molecular flexibility index (Phi) is 11.8. The van der Waals surface area contributed by atoms with Crippen LogP contribution in [0.25, 0.3) is 90.9 Å². The minimum Gasteiger partial charge on any atom is -0.657 e. The summed E-state index contributed by atoms with van der Waals surface area (Å²) in [6.07, 6.45) is 16.8. The molecule has 3 aromatic heterocycles. The van der Waals surface area contributed by atoms with Gasteiger partial charge in [-0.3, -0.25) is 0 Å². The first-order valence-electron chi connectivity index (χ1n) is 20.8. The first-order chi connectivity index (χ1) is 29.8. The molecule has 5 nitrogen and oxygen atoms in total. The Morgan fingerprint density at radius 3 is 1.05 bits per heavy atom. The molecule has 6 heteroatoms. The molecule has 0 saturated heterocycles. The molecule has 0 atom stereocenters. The minimum atomic E-state index is -0.176. The standard InChI is InChI=1S/C56H47N5.Cu/c1-6-33-56(34-7-2,35-8-3)42-21-17-40(18-22-42)54-48-29-25-44(58-48)52(38-13-9-36(4)10-14-38)46-27-31-50(60-46)55(41-19-23-43(57)24-20-41)51-32-28-47(61-51)53(45-26-30-49(54)59-45)39-15-11-37(5)12-16-39;/h6-32H,1-3,33-35,57H2,4-5H3;/q-2;+2. The van der Waals surface area contributed by atoms with Gasteiger partial charge in [0.05, 0.1) is 22.8 Å². The normalized spacial score (nSPS) is 11.9. The number of nitrogens with zero attached hydrogens (tertiary/aromatic N) is 4. The maximum atomic E-state index is 6.20. The molecular formula is C56H47CuN5. The monoisotopic (exact) mass is 852 g/mol. The van der Waals surface area contributed by atoms with Crippen molar-refractivity contribution in [3.05, 3.63) is 199 Å². The van der Waals surface area contributed by atoms with Crippen molar-refractivity contribution in [3.8, 4) is 44.5 Å². The molecule has 4 aromatic carbocycles. The van der Waals surface area contributed by atoms with Gasteiger partial charge in [-0.05, 0) is 120 Å². The Morgan fingerprint density at radius 1 is 0.452 bits per heavy atom. The number of anilines is 1. The van der Waals surface area contributed by atoms with E-state index in [1.165, 1.54) is 16.7 Å². The summed E-state index contributed by atoms with van der Waals surface area (Å²) in [6.45, 7) is 16.5. The van der Waals surface area contributed by atoms with E-state index >= 15 is 0 Å². The first kappa shape index (κ1) is 41.7. The second kappa shape index (κ2) is 17.5. The summed E-state index contributed by atoms with van der Waals surface area (Å²) in [5.41, 5.74) is 24.7. The van der Waals surface area contributed by atoms with E-state index in [0.29, 0.717) is 5.69 Å². The molecule has 307 valence electrons. The number of hydrogen-bond donors (Lipinski definition) is 1. The zero-order chi connectivity index (χ0) is 42.1. The number of benzene rings is 4. The molecule has 8 bridgehead atoms. The van der Waals surface area contributed by atoms with Gasteiger partial charge < -0.3 is 15.7 Å². The van der Waals surface area contributed by atoms with Crippen LogP contribution >= 0.6 is 0 Å². The predicted molar refractivity (Wildman–Crippen MR) is 259 cm³/mol. The molecular weight excluding hydrogens is 806 g/mol. The zero-order valence-corrected chi connectivity index (χ0v) is 35.9. The van der Waals surface area contributed by atoms with Crippen LogP contribution in [0.4, 0.5) is 5.69 Å². The topological polar surface area (TPSA) is 80.0 Å². The Bertz CT molecular complexity index is 2980. The Labute approximate surface area is 374 Å². The Morgan fingerprint density at radius 2 is 0.742 bits per heavy atom. The molecule has 0 amide bonds. The summed E-state index contributed by atoms with van der Waals surface area (Å²) >= 11 is 0. The van der Waals surface area contributed by atoms with E-state index in [2.05, 4.69) is 155 Å². The summed E-state index contributed by atoms with van der Waals surface area (Å²) in [6, 6.07) is 42.4. The molecule has 0 fully saturated rings. The van der Waals surface area contributed by atoms with Gasteiger partial charge in [-0.15, -0.1) is 41.8 Å². The number of hydrogen-bond acceptors (Lipinski definition) is 3. The largest absolute Gasteiger partial charge is 2.00 e. The van der Waals surface area contributed by atoms with E-state index in [9.17, 15) is 0 Å². The van der Waals surface area contributed by atoms with E-state index in [1.807, 2.05) is 42.5 Å². The molecule has 5 heterocycles. The fourth-order valence-corrected chi connectivity index (χ4v) is 8.78. The zero-order valence-electron chi connectivity index (χ0n) is 35.0. The van der Waals surface area contributed by atoms with Crippen molar-refractivity contribution in [2.75, 3.05) is 5.73 Å². The van der Waals surface area contributed by atoms with Crippen LogP contribution in [0.3, 0.4) is 0 Å². The molecule has 2 N–H and O–H groups in total. The molecule has 0 spiro atoms. The molecule has 2 aliphatic heterocycles. The van der Waals surface area contributed by atoms with Crippen LogP contribution in [-0.4, -0.2) is 9.97 Å². The number of rotatable bonds is 11. The van der Waals surface area contributed by atoms with Gasteiger partial charge in [0.25, 0.3) is 0 Å². The van der Waals surface area contributed by atoms with Crippen LogP contribution in [0.1, 0.15) is 58.7 Å². The first-order valence-corrected chi connectivity index (χ1v) is 20.8. The van der Waals surface area contributed by atoms with Crippen LogP contribution in [0, 0.1) is 13.8 Å². The van der Waals surface area contributed by atoms with Gasteiger partial charge in [0.2, 0.25) is 0 Å². The van der Waals surface area contributed by atoms with Gasteiger partial charge in [-0.1, -0.05) is 139 Å². The summed E-state index contributed by atoms with van der Waals surface area (Å²) in [5, 5.41) is 0. The smallest absolute Gasteiger partial charge is 0.657 e. The fraction of sp³-hybridized carbons (Fsp3) is 0.107. The Hall–Kier alpha value is -6.98. The van der Waals surface area contributed by atoms with Gasteiger partial charge in [-0.2, -0.15) is 0 Å². The quantitative estimate of drug-likeness (QED) is 0.0796. The molecule has 0 unspecified atom stereocenters.